The van der Waals surface area contributed by atoms with Crippen LogP contribution in [-0.4, -0.2) is 48.8 Å². The Morgan fingerprint density at radius 2 is 1.57 bits per heavy atom. The minimum absolute atomic E-state index is 0.0262. The first-order valence-electron chi connectivity index (χ1n) is 8.25. The van der Waals surface area contributed by atoms with Crippen molar-refractivity contribution in [3.63, 3.8) is 0 Å². The molecule has 3 heteroatoms. The van der Waals surface area contributed by atoms with Crippen LogP contribution in [0, 0.1) is 5.41 Å². The zero-order chi connectivity index (χ0) is 14.5. The van der Waals surface area contributed by atoms with Crippen LogP contribution in [0.1, 0.15) is 31.2 Å². The van der Waals surface area contributed by atoms with E-state index < -0.39 is 0 Å². The average Bonchev–Trinajstić information content (AvgIpc) is 2.99. The van der Waals surface area contributed by atoms with Crippen LogP contribution in [-0.2, 0) is 11.3 Å². The van der Waals surface area contributed by atoms with Gasteiger partial charge in [0.15, 0.2) is 0 Å². The molecule has 1 aliphatic heterocycles. The van der Waals surface area contributed by atoms with E-state index in [0.717, 1.165) is 52.1 Å². The zero-order valence-electron chi connectivity index (χ0n) is 12.8. The molecule has 0 radical (unpaired) electrons. The van der Waals surface area contributed by atoms with Gasteiger partial charge in [-0.25, -0.2) is 0 Å². The Morgan fingerprint density at radius 1 is 0.952 bits per heavy atom. The molecule has 21 heavy (non-hydrogen) atoms. The van der Waals surface area contributed by atoms with Crippen molar-refractivity contribution >= 4 is 6.29 Å². The number of nitrogens with zero attached hydrogens (tertiary/aromatic N) is 2. The van der Waals surface area contributed by atoms with Gasteiger partial charge in [-0.3, -0.25) is 9.80 Å². The molecule has 0 spiro atoms. The topological polar surface area (TPSA) is 23.6 Å². The Hall–Kier alpha value is -1.19. The van der Waals surface area contributed by atoms with Crippen molar-refractivity contribution in [2.24, 2.45) is 5.41 Å². The first-order chi connectivity index (χ1) is 10.3. The smallest absolute Gasteiger partial charge is 0.127 e. The van der Waals surface area contributed by atoms with Gasteiger partial charge in [-0.05, 0) is 18.4 Å². The van der Waals surface area contributed by atoms with Crippen molar-refractivity contribution in [2.45, 2.75) is 32.2 Å². The van der Waals surface area contributed by atoms with E-state index in [9.17, 15) is 4.79 Å². The Morgan fingerprint density at radius 3 is 2.19 bits per heavy atom. The summed E-state index contributed by atoms with van der Waals surface area (Å²) < 4.78 is 0. The number of hydrogen-bond acceptors (Lipinski definition) is 3. The van der Waals surface area contributed by atoms with Crippen LogP contribution in [0.4, 0.5) is 0 Å². The first kappa shape index (κ1) is 14.7. The lowest BCUT2D eigenvalue weighted by Gasteiger charge is -2.38. The summed E-state index contributed by atoms with van der Waals surface area (Å²) in [5.74, 6) is 0. The highest BCUT2D eigenvalue weighted by atomic mass is 16.1. The molecular formula is C18H26N2O. The number of rotatable bonds is 5. The quantitative estimate of drug-likeness (QED) is 0.777. The molecule has 2 fully saturated rings. The van der Waals surface area contributed by atoms with Crippen molar-refractivity contribution in [3.05, 3.63) is 35.9 Å². The van der Waals surface area contributed by atoms with E-state index in [-0.39, 0.29) is 5.41 Å². The number of aldehydes is 1. The number of carbonyl (C=O) groups excluding carboxylic acids is 1. The van der Waals surface area contributed by atoms with E-state index in [4.69, 9.17) is 0 Å². The number of benzene rings is 1. The highest BCUT2D eigenvalue weighted by Crippen LogP contribution is 2.37. The summed E-state index contributed by atoms with van der Waals surface area (Å²) in [6.45, 7) is 6.46. The van der Waals surface area contributed by atoms with Crippen molar-refractivity contribution < 1.29 is 4.79 Å². The molecule has 1 heterocycles. The van der Waals surface area contributed by atoms with Gasteiger partial charge in [-0.2, -0.15) is 0 Å². The number of piperazine rings is 1. The molecular weight excluding hydrogens is 260 g/mol. The molecule has 0 atom stereocenters. The van der Waals surface area contributed by atoms with Crippen LogP contribution in [0.15, 0.2) is 30.3 Å². The number of hydrogen-bond donors (Lipinski definition) is 0. The van der Waals surface area contributed by atoms with Crippen LogP contribution in [0.25, 0.3) is 0 Å². The minimum Gasteiger partial charge on any atom is -0.303 e. The summed E-state index contributed by atoms with van der Waals surface area (Å²) in [7, 11) is 0. The van der Waals surface area contributed by atoms with Gasteiger partial charge >= 0.3 is 0 Å². The molecule has 1 saturated heterocycles. The van der Waals surface area contributed by atoms with Gasteiger partial charge in [0.2, 0.25) is 0 Å². The van der Waals surface area contributed by atoms with Gasteiger partial charge in [0.05, 0.1) is 0 Å². The summed E-state index contributed by atoms with van der Waals surface area (Å²) in [5, 5.41) is 0. The molecule has 0 N–H and O–H groups in total. The average molecular weight is 286 g/mol. The molecule has 3 rings (SSSR count). The van der Waals surface area contributed by atoms with Crippen LogP contribution in [0.3, 0.4) is 0 Å². The third kappa shape index (κ3) is 3.72. The fourth-order valence-electron chi connectivity index (χ4n) is 3.78. The predicted molar refractivity (Wildman–Crippen MR) is 85.1 cm³/mol. The van der Waals surface area contributed by atoms with Crippen LogP contribution in [0.2, 0.25) is 0 Å². The van der Waals surface area contributed by atoms with E-state index in [0.29, 0.717) is 0 Å². The van der Waals surface area contributed by atoms with Crippen LogP contribution < -0.4 is 0 Å². The lowest BCUT2D eigenvalue weighted by atomic mass is 9.87. The molecule has 0 unspecified atom stereocenters. The Balaban J connectivity index is 1.48. The maximum Gasteiger partial charge on any atom is 0.127 e. The maximum absolute atomic E-state index is 11.5. The van der Waals surface area contributed by atoms with E-state index >= 15 is 0 Å². The summed E-state index contributed by atoms with van der Waals surface area (Å²) in [4.78, 5) is 16.5. The number of carbonyl (C=O) groups is 1. The highest BCUT2D eigenvalue weighted by molar-refractivity contribution is 5.60. The van der Waals surface area contributed by atoms with E-state index in [1.54, 1.807) is 0 Å². The molecule has 2 aliphatic rings. The predicted octanol–water partition coefficient (Wildman–Crippen LogP) is 2.56. The second-order valence-electron chi connectivity index (χ2n) is 6.73. The largest absolute Gasteiger partial charge is 0.303 e. The van der Waals surface area contributed by atoms with Gasteiger partial charge in [-0.15, -0.1) is 0 Å². The molecule has 0 bridgehead atoms. The Bertz CT molecular complexity index is 446. The fraction of sp³-hybridized carbons (Fsp3) is 0.611. The van der Waals surface area contributed by atoms with E-state index in [1.165, 1.54) is 24.7 Å². The van der Waals surface area contributed by atoms with Crippen LogP contribution >= 0.6 is 0 Å². The van der Waals surface area contributed by atoms with Crippen molar-refractivity contribution in [3.8, 4) is 0 Å². The van der Waals surface area contributed by atoms with Gasteiger partial charge in [0.25, 0.3) is 0 Å². The van der Waals surface area contributed by atoms with E-state index in [2.05, 4.69) is 40.1 Å². The second kappa shape index (κ2) is 6.71. The standard InChI is InChI=1S/C18H26N2O/c21-16-18(8-4-5-9-18)15-20-12-10-19(11-13-20)14-17-6-2-1-3-7-17/h1-3,6-7,16H,4-5,8-15H2. The molecule has 1 aliphatic carbocycles. The van der Waals surface area contributed by atoms with Crippen molar-refractivity contribution in [1.29, 1.82) is 0 Å². The summed E-state index contributed by atoms with van der Waals surface area (Å²) >= 11 is 0. The molecule has 1 aromatic carbocycles. The van der Waals surface area contributed by atoms with Gasteiger partial charge in [0.1, 0.15) is 6.29 Å². The van der Waals surface area contributed by atoms with E-state index in [1.807, 2.05) is 0 Å². The maximum atomic E-state index is 11.5. The van der Waals surface area contributed by atoms with Crippen molar-refractivity contribution in [1.82, 2.24) is 9.80 Å². The van der Waals surface area contributed by atoms with Crippen LogP contribution in [0.5, 0.6) is 0 Å². The summed E-state index contributed by atoms with van der Waals surface area (Å²) in [6, 6.07) is 10.7. The summed E-state index contributed by atoms with van der Waals surface area (Å²) in [5.41, 5.74) is 1.37. The SMILES string of the molecule is O=CC1(CN2CCN(Cc3ccccc3)CC2)CCCC1. The molecule has 0 amide bonds. The van der Waals surface area contributed by atoms with Gasteiger partial charge in [-0.1, -0.05) is 43.2 Å². The van der Waals surface area contributed by atoms with Gasteiger partial charge < -0.3 is 4.79 Å². The lowest BCUT2D eigenvalue weighted by molar-refractivity contribution is -0.117. The Labute approximate surface area is 127 Å². The van der Waals surface area contributed by atoms with Crippen molar-refractivity contribution in [2.75, 3.05) is 32.7 Å². The zero-order valence-corrected chi connectivity index (χ0v) is 12.8. The first-order valence-corrected chi connectivity index (χ1v) is 8.25. The third-order valence-electron chi connectivity index (χ3n) is 5.10. The molecule has 114 valence electrons. The second-order valence-corrected chi connectivity index (χ2v) is 6.73. The molecule has 3 nitrogen and oxygen atoms in total. The molecule has 0 aromatic heterocycles. The lowest BCUT2D eigenvalue weighted by Crippen LogP contribution is -2.49. The molecule has 1 saturated carbocycles. The van der Waals surface area contributed by atoms with Gasteiger partial charge in [0, 0.05) is 44.7 Å². The molecule has 1 aromatic rings. The fourth-order valence-corrected chi connectivity index (χ4v) is 3.78. The summed E-state index contributed by atoms with van der Waals surface area (Å²) in [6.07, 6.45) is 5.90. The Kier molecular flexibility index (Phi) is 4.71. The monoisotopic (exact) mass is 286 g/mol. The minimum atomic E-state index is -0.0262. The highest BCUT2D eigenvalue weighted by Gasteiger charge is 2.35. The third-order valence-corrected chi connectivity index (χ3v) is 5.10. The normalized spacial score (nSPS) is 23.2.